The zero-order valence-electron chi connectivity index (χ0n) is 17.0. The highest BCUT2D eigenvalue weighted by atomic mass is 32.1. The van der Waals surface area contributed by atoms with Crippen LogP contribution >= 0.6 is 11.3 Å². The van der Waals surface area contributed by atoms with E-state index in [1.54, 1.807) is 0 Å². The minimum absolute atomic E-state index is 0.0220. The molecule has 29 heavy (non-hydrogen) atoms. The molecule has 0 fully saturated rings. The van der Waals surface area contributed by atoms with Crippen LogP contribution < -0.4 is 5.32 Å². The number of carbonyl (C=O) groups is 1. The smallest absolute Gasteiger partial charge is 0.311 e. The molecule has 5 rings (SSSR count). The summed E-state index contributed by atoms with van der Waals surface area (Å²) in [4.78, 5) is 17.0. The van der Waals surface area contributed by atoms with Crippen LogP contribution in [0.4, 0.5) is 10.5 Å². The largest absolute Gasteiger partial charge is 0.322 e. The summed E-state index contributed by atoms with van der Waals surface area (Å²) in [6.45, 7) is 5.09. The Hall–Kier alpha value is -2.53. The lowest BCUT2D eigenvalue weighted by Gasteiger charge is -2.33. The van der Waals surface area contributed by atoms with Crippen molar-refractivity contribution in [3.05, 3.63) is 70.4 Å². The third-order valence-electron chi connectivity index (χ3n) is 6.14. The van der Waals surface area contributed by atoms with Crippen LogP contribution in [0.3, 0.4) is 0 Å². The van der Waals surface area contributed by atoms with Crippen molar-refractivity contribution < 1.29 is 4.79 Å². The van der Waals surface area contributed by atoms with Crippen LogP contribution in [0.5, 0.6) is 0 Å². The Bertz CT molecular complexity index is 1030. The molecule has 1 N–H and O–H groups in total. The van der Waals surface area contributed by atoms with Gasteiger partial charge in [-0.05, 0) is 61.4 Å². The maximum absolute atomic E-state index is 13.5. The summed E-state index contributed by atoms with van der Waals surface area (Å²) in [7, 11) is 0. The lowest BCUT2D eigenvalue weighted by Crippen LogP contribution is -2.39. The van der Waals surface area contributed by atoms with Crippen molar-refractivity contribution in [3.8, 4) is 5.00 Å². The van der Waals surface area contributed by atoms with Gasteiger partial charge in [-0.1, -0.05) is 32.0 Å². The van der Waals surface area contributed by atoms with Crippen LogP contribution in [0.15, 0.2) is 48.7 Å². The van der Waals surface area contributed by atoms with Gasteiger partial charge in [-0.25, -0.2) is 4.79 Å². The molecule has 4 nitrogen and oxygen atoms in total. The molecule has 3 heterocycles. The number of urea groups is 1. The Morgan fingerprint density at radius 1 is 1.07 bits per heavy atom. The SMILES string of the molecule is CC(C)[C@@H]1c2cccn2-c2sc3c(c2CN1C(=O)Nc1ccccc1)CCCC3. The molecule has 0 spiro atoms. The van der Waals surface area contributed by atoms with Gasteiger partial charge in [0.05, 0.1) is 12.6 Å². The average Bonchev–Trinajstić information content (AvgIpc) is 3.30. The number of para-hydroxylation sites is 1. The number of hydrogen-bond donors (Lipinski definition) is 1. The number of rotatable bonds is 2. The van der Waals surface area contributed by atoms with Crippen molar-refractivity contribution in [1.82, 2.24) is 9.47 Å². The maximum atomic E-state index is 13.5. The van der Waals surface area contributed by atoms with Crippen molar-refractivity contribution in [2.75, 3.05) is 5.32 Å². The van der Waals surface area contributed by atoms with Gasteiger partial charge in [0.2, 0.25) is 0 Å². The van der Waals surface area contributed by atoms with Crippen LogP contribution in [-0.2, 0) is 19.4 Å². The summed E-state index contributed by atoms with van der Waals surface area (Å²) in [5.74, 6) is 0.315. The summed E-state index contributed by atoms with van der Waals surface area (Å²) < 4.78 is 2.35. The van der Waals surface area contributed by atoms with Gasteiger partial charge in [0, 0.05) is 28.0 Å². The average molecular weight is 406 g/mol. The van der Waals surface area contributed by atoms with E-state index in [4.69, 9.17) is 0 Å². The lowest BCUT2D eigenvalue weighted by molar-refractivity contribution is 0.161. The monoisotopic (exact) mass is 405 g/mol. The normalized spacial score (nSPS) is 18.0. The molecule has 1 aliphatic heterocycles. The Morgan fingerprint density at radius 3 is 2.66 bits per heavy atom. The summed E-state index contributed by atoms with van der Waals surface area (Å²) in [5.41, 5.74) is 4.90. The second kappa shape index (κ2) is 7.38. The molecule has 0 unspecified atom stereocenters. The summed E-state index contributed by atoms with van der Waals surface area (Å²) in [5, 5.41) is 4.45. The highest BCUT2D eigenvalue weighted by molar-refractivity contribution is 7.15. The molecule has 2 amide bonds. The number of aromatic nitrogens is 1. The zero-order valence-corrected chi connectivity index (χ0v) is 17.8. The first-order valence-electron chi connectivity index (χ1n) is 10.6. The van der Waals surface area contributed by atoms with Gasteiger partial charge in [0.1, 0.15) is 5.00 Å². The second-order valence-electron chi connectivity index (χ2n) is 8.41. The van der Waals surface area contributed by atoms with Crippen molar-refractivity contribution in [1.29, 1.82) is 0 Å². The molecule has 2 aliphatic rings. The Labute approximate surface area is 176 Å². The molecule has 0 bridgehead atoms. The van der Waals surface area contributed by atoms with E-state index in [2.05, 4.69) is 47.0 Å². The summed E-state index contributed by atoms with van der Waals surface area (Å²) in [6.07, 6.45) is 7.01. The van der Waals surface area contributed by atoms with E-state index in [1.807, 2.05) is 41.7 Å². The number of nitrogens with one attached hydrogen (secondary N) is 1. The molecule has 0 radical (unpaired) electrons. The van der Waals surface area contributed by atoms with Gasteiger partial charge in [-0.3, -0.25) is 0 Å². The van der Waals surface area contributed by atoms with Crippen molar-refractivity contribution >= 4 is 23.1 Å². The quantitative estimate of drug-likeness (QED) is 0.544. The second-order valence-corrected chi connectivity index (χ2v) is 9.49. The highest BCUT2D eigenvalue weighted by Crippen LogP contribution is 2.44. The van der Waals surface area contributed by atoms with E-state index in [-0.39, 0.29) is 12.1 Å². The Morgan fingerprint density at radius 2 is 1.86 bits per heavy atom. The number of anilines is 1. The number of benzene rings is 1. The number of amides is 2. The number of aryl methyl sites for hydroxylation is 1. The molecule has 5 heteroatoms. The van der Waals surface area contributed by atoms with E-state index in [0.29, 0.717) is 12.5 Å². The number of hydrogen-bond acceptors (Lipinski definition) is 2. The van der Waals surface area contributed by atoms with Crippen LogP contribution in [0.25, 0.3) is 5.00 Å². The molecule has 3 aromatic rings. The van der Waals surface area contributed by atoms with Crippen LogP contribution in [-0.4, -0.2) is 15.5 Å². The fourth-order valence-electron chi connectivity index (χ4n) is 4.84. The van der Waals surface area contributed by atoms with E-state index >= 15 is 0 Å². The van der Waals surface area contributed by atoms with E-state index in [9.17, 15) is 4.79 Å². The van der Waals surface area contributed by atoms with Gasteiger partial charge in [0.15, 0.2) is 0 Å². The third-order valence-corrected chi connectivity index (χ3v) is 7.48. The summed E-state index contributed by atoms with van der Waals surface area (Å²) in [6, 6.07) is 14.1. The number of nitrogens with zero attached hydrogens (tertiary/aromatic N) is 2. The van der Waals surface area contributed by atoms with Gasteiger partial charge < -0.3 is 14.8 Å². The Balaban J connectivity index is 1.61. The minimum atomic E-state index is -0.0220. The molecule has 1 aliphatic carbocycles. The van der Waals surface area contributed by atoms with E-state index in [0.717, 1.165) is 12.1 Å². The van der Waals surface area contributed by atoms with Gasteiger partial charge in [-0.2, -0.15) is 0 Å². The van der Waals surface area contributed by atoms with Crippen LogP contribution in [0.1, 0.15) is 54.4 Å². The van der Waals surface area contributed by atoms with Crippen molar-refractivity contribution in [2.45, 2.75) is 52.1 Å². The molecule has 150 valence electrons. The first kappa shape index (κ1) is 18.5. The van der Waals surface area contributed by atoms with Crippen molar-refractivity contribution in [2.24, 2.45) is 5.92 Å². The summed E-state index contributed by atoms with van der Waals surface area (Å²) >= 11 is 1.93. The maximum Gasteiger partial charge on any atom is 0.322 e. The van der Waals surface area contributed by atoms with E-state index in [1.165, 1.54) is 46.0 Å². The molecule has 2 aromatic heterocycles. The predicted octanol–water partition coefficient (Wildman–Crippen LogP) is 6.16. The number of carbonyl (C=O) groups excluding carboxylic acids is 1. The molecular formula is C24H27N3OS. The molecular weight excluding hydrogens is 378 g/mol. The third kappa shape index (κ3) is 3.18. The molecule has 1 atom stereocenters. The van der Waals surface area contributed by atoms with Gasteiger partial charge >= 0.3 is 6.03 Å². The van der Waals surface area contributed by atoms with Gasteiger partial charge in [-0.15, -0.1) is 11.3 Å². The topological polar surface area (TPSA) is 37.3 Å². The minimum Gasteiger partial charge on any atom is -0.311 e. The first-order chi connectivity index (χ1) is 14.1. The highest BCUT2D eigenvalue weighted by Gasteiger charge is 2.36. The molecule has 0 saturated heterocycles. The van der Waals surface area contributed by atoms with Gasteiger partial charge in [0.25, 0.3) is 0 Å². The molecule has 0 saturated carbocycles. The van der Waals surface area contributed by atoms with E-state index < -0.39 is 0 Å². The zero-order chi connectivity index (χ0) is 20.0. The molecule has 1 aromatic carbocycles. The number of fused-ring (bicyclic) bond motifs is 5. The fraction of sp³-hybridized carbons (Fsp3) is 0.375. The fourth-order valence-corrected chi connectivity index (χ4v) is 6.24. The predicted molar refractivity (Wildman–Crippen MR) is 119 cm³/mol. The Kier molecular flexibility index (Phi) is 4.70. The van der Waals surface area contributed by atoms with Crippen LogP contribution in [0.2, 0.25) is 0 Å². The standard InChI is InChI=1S/C24H27N3OS/c1-16(2)22-20-12-8-14-26(20)23-19(18-11-6-7-13-21(18)29-23)15-27(22)24(28)25-17-9-4-3-5-10-17/h3-5,8-10,12,14,16,22H,6-7,11,13,15H2,1-2H3,(H,25,28)/t22-/m1/s1. The number of thiophene rings is 1. The lowest BCUT2D eigenvalue weighted by atomic mass is 9.94. The van der Waals surface area contributed by atoms with Crippen molar-refractivity contribution in [3.63, 3.8) is 0 Å². The first-order valence-corrected chi connectivity index (χ1v) is 11.4. The van der Waals surface area contributed by atoms with Crippen LogP contribution in [0, 0.1) is 5.92 Å².